The number of hydrogen-bond acceptors (Lipinski definition) is 4. The van der Waals surface area contributed by atoms with Gasteiger partial charge in [0.2, 0.25) is 0 Å². The van der Waals surface area contributed by atoms with E-state index in [1.165, 1.54) is 0 Å². The number of methoxy groups -OCH3 is 1. The van der Waals surface area contributed by atoms with Crippen molar-refractivity contribution in [2.75, 3.05) is 26.8 Å². The van der Waals surface area contributed by atoms with Crippen molar-refractivity contribution in [2.24, 2.45) is 0 Å². The van der Waals surface area contributed by atoms with Gasteiger partial charge >= 0.3 is 0 Å². The Morgan fingerprint density at radius 2 is 2.08 bits per heavy atom. The third-order valence-electron chi connectivity index (χ3n) is 4.44. The lowest BCUT2D eigenvalue weighted by molar-refractivity contribution is 0.0698. The molecule has 0 saturated carbocycles. The van der Waals surface area contributed by atoms with Crippen LogP contribution in [-0.2, 0) is 11.3 Å². The van der Waals surface area contributed by atoms with Crippen molar-refractivity contribution < 1.29 is 18.3 Å². The fourth-order valence-electron chi connectivity index (χ4n) is 3.12. The summed E-state index contributed by atoms with van der Waals surface area (Å²) < 4.78 is 33.9. The van der Waals surface area contributed by atoms with Crippen LogP contribution in [0.3, 0.4) is 0 Å². The van der Waals surface area contributed by atoms with Crippen LogP contribution in [0.1, 0.15) is 35.1 Å². The number of ether oxygens (including phenoxy) is 1. The van der Waals surface area contributed by atoms with Crippen LogP contribution >= 0.6 is 0 Å². The van der Waals surface area contributed by atoms with Gasteiger partial charge in [-0.15, -0.1) is 0 Å². The van der Waals surface area contributed by atoms with Crippen molar-refractivity contribution in [1.82, 2.24) is 19.4 Å². The van der Waals surface area contributed by atoms with Crippen molar-refractivity contribution >= 4 is 5.91 Å². The predicted octanol–water partition coefficient (Wildman–Crippen LogP) is 2.22. The number of hydrogen-bond donors (Lipinski definition) is 0. The van der Waals surface area contributed by atoms with Gasteiger partial charge in [-0.2, -0.15) is 0 Å². The quantitative estimate of drug-likeness (QED) is 0.830. The molecule has 1 aliphatic heterocycles. The fraction of sp³-hybridized carbons (Fsp3) is 0.471. The number of halogens is 2. The highest BCUT2D eigenvalue weighted by Crippen LogP contribution is 2.27. The number of piperidine rings is 1. The van der Waals surface area contributed by atoms with Gasteiger partial charge in [-0.25, -0.2) is 18.7 Å². The molecule has 0 N–H and O–H groups in total. The first-order valence-electron chi connectivity index (χ1n) is 8.20. The van der Waals surface area contributed by atoms with Crippen LogP contribution in [0.4, 0.5) is 8.78 Å². The summed E-state index contributed by atoms with van der Waals surface area (Å²) in [7, 11) is 1.66. The number of amides is 1. The van der Waals surface area contributed by atoms with E-state index in [4.69, 9.17) is 4.74 Å². The van der Waals surface area contributed by atoms with Crippen molar-refractivity contribution in [3.05, 3.63) is 47.8 Å². The van der Waals surface area contributed by atoms with Crippen LogP contribution in [0, 0.1) is 11.6 Å². The second-order valence-corrected chi connectivity index (χ2v) is 6.02. The molecular formula is C17H20F2N4O2. The van der Waals surface area contributed by atoms with Crippen LogP contribution in [0.15, 0.2) is 24.7 Å². The Bertz CT molecular complexity index is 742. The summed E-state index contributed by atoms with van der Waals surface area (Å²) in [6.07, 6.45) is 6.01. The normalized spacial score (nSPS) is 15.6. The molecule has 0 bridgehead atoms. The van der Waals surface area contributed by atoms with E-state index in [2.05, 4.69) is 14.5 Å². The van der Waals surface area contributed by atoms with Crippen LogP contribution < -0.4 is 0 Å². The molecule has 134 valence electrons. The van der Waals surface area contributed by atoms with E-state index in [-0.39, 0.29) is 11.6 Å². The molecule has 2 aromatic heterocycles. The first-order chi connectivity index (χ1) is 12.1. The highest BCUT2D eigenvalue weighted by Gasteiger charge is 2.28. The molecule has 1 amide bonds. The zero-order valence-corrected chi connectivity index (χ0v) is 14.0. The Labute approximate surface area is 144 Å². The van der Waals surface area contributed by atoms with Crippen LogP contribution in [0.2, 0.25) is 0 Å². The molecule has 1 aliphatic rings. The van der Waals surface area contributed by atoms with Gasteiger partial charge in [0, 0.05) is 51.1 Å². The average molecular weight is 350 g/mol. The maximum atomic E-state index is 13.8. The topological polar surface area (TPSA) is 60.2 Å². The van der Waals surface area contributed by atoms with Gasteiger partial charge in [0.25, 0.3) is 5.91 Å². The number of imidazole rings is 1. The molecule has 0 radical (unpaired) electrons. The molecule has 2 aromatic rings. The second-order valence-electron chi connectivity index (χ2n) is 6.02. The smallest absolute Gasteiger partial charge is 0.275 e. The van der Waals surface area contributed by atoms with Gasteiger partial charge in [-0.1, -0.05) is 0 Å². The first kappa shape index (κ1) is 17.5. The molecule has 6 nitrogen and oxygen atoms in total. The van der Waals surface area contributed by atoms with Crippen LogP contribution in [0.5, 0.6) is 0 Å². The lowest BCUT2D eigenvalue weighted by Crippen LogP contribution is -2.39. The van der Waals surface area contributed by atoms with E-state index >= 15 is 0 Å². The van der Waals surface area contributed by atoms with Crippen molar-refractivity contribution in [1.29, 1.82) is 0 Å². The van der Waals surface area contributed by atoms with Crippen molar-refractivity contribution in [2.45, 2.75) is 25.3 Å². The maximum Gasteiger partial charge on any atom is 0.275 e. The van der Waals surface area contributed by atoms with Crippen LogP contribution in [0.25, 0.3) is 0 Å². The van der Waals surface area contributed by atoms with E-state index in [9.17, 15) is 13.6 Å². The monoisotopic (exact) mass is 350 g/mol. The summed E-state index contributed by atoms with van der Waals surface area (Å²) in [6, 6.07) is 0.680. The average Bonchev–Trinajstić information content (AvgIpc) is 3.08. The highest BCUT2D eigenvalue weighted by molar-refractivity contribution is 5.92. The predicted molar refractivity (Wildman–Crippen MR) is 86.1 cm³/mol. The van der Waals surface area contributed by atoms with Gasteiger partial charge < -0.3 is 14.2 Å². The molecule has 0 aliphatic carbocycles. The third-order valence-corrected chi connectivity index (χ3v) is 4.44. The zero-order chi connectivity index (χ0) is 17.8. The van der Waals surface area contributed by atoms with Crippen molar-refractivity contribution in [3.8, 4) is 0 Å². The summed E-state index contributed by atoms with van der Waals surface area (Å²) in [6.45, 7) is 2.31. The molecule has 0 aromatic carbocycles. The van der Waals surface area contributed by atoms with Gasteiger partial charge in [-0.3, -0.25) is 4.79 Å². The zero-order valence-electron chi connectivity index (χ0n) is 14.0. The number of likely N-dealkylation sites (tertiary alicyclic amines) is 1. The Hall–Kier alpha value is -2.35. The van der Waals surface area contributed by atoms with E-state index in [1.807, 2.05) is 6.20 Å². The molecule has 3 rings (SSSR count). The molecule has 1 fully saturated rings. The van der Waals surface area contributed by atoms with Gasteiger partial charge in [0.15, 0.2) is 11.5 Å². The molecule has 25 heavy (non-hydrogen) atoms. The Kier molecular flexibility index (Phi) is 5.37. The van der Waals surface area contributed by atoms with E-state index in [1.54, 1.807) is 18.2 Å². The van der Waals surface area contributed by atoms with Gasteiger partial charge in [-0.05, 0) is 12.8 Å². The number of rotatable bonds is 5. The molecule has 1 saturated heterocycles. The summed E-state index contributed by atoms with van der Waals surface area (Å²) in [5.74, 6) is -1.01. The lowest BCUT2D eigenvalue weighted by atomic mass is 9.95. The molecule has 3 heterocycles. The minimum absolute atomic E-state index is 0.238. The molecular weight excluding hydrogens is 330 g/mol. The van der Waals surface area contributed by atoms with E-state index in [0.29, 0.717) is 25.8 Å². The van der Waals surface area contributed by atoms with Gasteiger partial charge in [0.05, 0.1) is 12.8 Å². The number of carbonyl (C=O) groups is 1. The standard InChI is InChI=1S/C17H20F2N4O2/c1-25-9-8-22-7-4-20-16(22)12-2-5-23(6-3-12)17(24)15-14(19)10-13(18)11-21-15/h4,7,10-12H,2-3,5-6,8-9H2,1H3. The highest BCUT2D eigenvalue weighted by atomic mass is 19.1. The Morgan fingerprint density at radius 3 is 2.76 bits per heavy atom. The first-order valence-corrected chi connectivity index (χ1v) is 8.20. The third kappa shape index (κ3) is 3.84. The van der Waals surface area contributed by atoms with Crippen LogP contribution in [-0.4, -0.2) is 52.1 Å². The molecule has 0 atom stereocenters. The summed E-state index contributed by atoms with van der Waals surface area (Å²) >= 11 is 0. The molecule has 0 spiro atoms. The number of pyridine rings is 1. The fourth-order valence-corrected chi connectivity index (χ4v) is 3.12. The molecule has 8 heteroatoms. The maximum absolute atomic E-state index is 13.8. The number of carbonyl (C=O) groups excluding carboxylic acids is 1. The largest absolute Gasteiger partial charge is 0.383 e. The summed E-state index contributed by atoms with van der Waals surface area (Å²) in [5.41, 5.74) is -0.332. The minimum Gasteiger partial charge on any atom is -0.383 e. The van der Waals surface area contributed by atoms with Crippen molar-refractivity contribution in [3.63, 3.8) is 0 Å². The Balaban J connectivity index is 1.64. The van der Waals surface area contributed by atoms with Gasteiger partial charge in [0.1, 0.15) is 11.6 Å². The number of nitrogens with zero attached hydrogens (tertiary/aromatic N) is 4. The molecule has 0 unspecified atom stereocenters. The SMILES string of the molecule is COCCn1ccnc1C1CCN(C(=O)c2ncc(F)cc2F)CC1. The second kappa shape index (κ2) is 7.69. The van der Waals surface area contributed by atoms with E-state index in [0.717, 1.165) is 31.4 Å². The lowest BCUT2D eigenvalue weighted by Gasteiger charge is -2.31. The summed E-state index contributed by atoms with van der Waals surface area (Å²) in [4.78, 5) is 22.0. The van der Waals surface area contributed by atoms with E-state index < -0.39 is 17.5 Å². The Morgan fingerprint density at radius 1 is 1.32 bits per heavy atom. The minimum atomic E-state index is -0.928. The number of aromatic nitrogens is 3. The summed E-state index contributed by atoms with van der Waals surface area (Å²) in [5, 5.41) is 0.